The molecule has 8 aromatic carbocycles. The Hall–Kier alpha value is -6.64. The molecule has 0 radical (unpaired) electrons. The zero-order valence-electron chi connectivity index (χ0n) is 29.7. The molecule has 0 bridgehead atoms. The van der Waals surface area contributed by atoms with Gasteiger partial charge in [0.25, 0.3) is 0 Å². The summed E-state index contributed by atoms with van der Waals surface area (Å²) in [6, 6.07) is 67.1. The highest BCUT2D eigenvalue weighted by Crippen LogP contribution is 2.54. The quantitative estimate of drug-likeness (QED) is 0.176. The normalized spacial score (nSPS) is 13.2. The average Bonchev–Trinajstić information content (AvgIpc) is 3.81. The van der Waals surface area contributed by atoms with Crippen molar-refractivity contribution in [3.05, 3.63) is 193 Å². The smallest absolute Gasteiger partial charge is 0.0547 e. The van der Waals surface area contributed by atoms with Crippen LogP contribution in [0.4, 0.5) is 0 Å². The van der Waals surface area contributed by atoms with Crippen molar-refractivity contribution in [1.29, 1.82) is 0 Å². The zero-order valence-corrected chi connectivity index (χ0v) is 29.7. The van der Waals surface area contributed by atoms with E-state index in [0.29, 0.717) is 0 Å². The van der Waals surface area contributed by atoms with Gasteiger partial charge in [-0.3, -0.25) is 0 Å². The minimum absolute atomic E-state index is 0.161. The molecule has 250 valence electrons. The van der Waals surface area contributed by atoms with E-state index in [2.05, 4.69) is 205 Å². The maximum atomic E-state index is 2.49. The van der Waals surface area contributed by atoms with Gasteiger partial charge in [0.05, 0.1) is 22.1 Å². The molecule has 2 heterocycles. The van der Waals surface area contributed by atoms with Crippen molar-refractivity contribution in [3.63, 3.8) is 0 Å². The Balaban J connectivity index is 1.23. The second kappa shape index (κ2) is 11.2. The van der Waals surface area contributed by atoms with Gasteiger partial charge in [0.2, 0.25) is 0 Å². The minimum Gasteiger partial charge on any atom is -0.309 e. The maximum Gasteiger partial charge on any atom is 0.0547 e. The summed E-state index contributed by atoms with van der Waals surface area (Å²) < 4.78 is 4.84. The highest BCUT2D eigenvalue weighted by molar-refractivity contribution is 6.16. The van der Waals surface area contributed by atoms with Crippen LogP contribution in [0.2, 0.25) is 0 Å². The van der Waals surface area contributed by atoms with Crippen LogP contribution in [-0.2, 0) is 5.41 Å². The van der Waals surface area contributed by atoms with Gasteiger partial charge in [-0.25, -0.2) is 0 Å². The number of hydrogen-bond acceptors (Lipinski definition) is 0. The van der Waals surface area contributed by atoms with E-state index >= 15 is 0 Å². The van der Waals surface area contributed by atoms with Gasteiger partial charge >= 0.3 is 0 Å². The largest absolute Gasteiger partial charge is 0.309 e. The Kier molecular flexibility index (Phi) is 6.33. The first-order chi connectivity index (χ1) is 26.1. The molecule has 0 saturated heterocycles. The summed E-state index contributed by atoms with van der Waals surface area (Å²) in [5.74, 6) is 0. The molecule has 0 aliphatic heterocycles. The van der Waals surface area contributed by atoms with Crippen molar-refractivity contribution in [2.24, 2.45) is 0 Å². The first kappa shape index (κ1) is 30.0. The number of rotatable bonds is 4. The fraction of sp³-hybridized carbons (Fsp3) is 0.0588. The Morgan fingerprint density at radius 3 is 1.68 bits per heavy atom. The molecule has 1 aliphatic carbocycles. The van der Waals surface area contributed by atoms with E-state index in [9.17, 15) is 0 Å². The Morgan fingerprint density at radius 2 is 0.925 bits per heavy atom. The van der Waals surface area contributed by atoms with Crippen LogP contribution in [0.3, 0.4) is 0 Å². The summed E-state index contributed by atoms with van der Waals surface area (Å²) in [6.07, 6.45) is 0. The molecule has 0 spiro atoms. The Morgan fingerprint density at radius 1 is 0.358 bits per heavy atom. The second-order valence-corrected chi connectivity index (χ2v) is 14.9. The van der Waals surface area contributed by atoms with Crippen molar-refractivity contribution in [2.75, 3.05) is 0 Å². The van der Waals surface area contributed by atoms with Crippen molar-refractivity contribution in [1.82, 2.24) is 9.13 Å². The molecule has 0 N–H and O–H groups in total. The highest BCUT2D eigenvalue weighted by atomic mass is 15.0. The summed E-state index contributed by atoms with van der Waals surface area (Å²) in [4.78, 5) is 0. The van der Waals surface area contributed by atoms with Crippen LogP contribution in [0.15, 0.2) is 182 Å². The van der Waals surface area contributed by atoms with E-state index in [1.165, 1.54) is 99.5 Å². The first-order valence-electron chi connectivity index (χ1n) is 18.5. The van der Waals surface area contributed by atoms with Crippen molar-refractivity contribution < 1.29 is 0 Å². The van der Waals surface area contributed by atoms with Gasteiger partial charge in [-0.2, -0.15) is 0 Å². The molecule has 0 amide bonds. The summed E-state index contributed by atoms with van der Waals surface area (Å²) in [5.41, 5.74) is 17.5. The fourth-order valence-electron chi connectivity index (χ4n) is 9.31. The predicted octanol–water partition coefficient (Wildman–Crippen LogP) is 13.5. The molecule has 10 aromatic rings. The molecule has 53 heavy (non-hydrogen) atoms. The molecule has 0 atom stereocenters. The Labute approximate surface area is 308 Å². The van der Waals surface area contributed by atoms with Crippen LogP contribution in [0.5, 0.6) is 0 Å². The second-order valence-electron chi connectivity index (χ2n) is 14.9. The Bertz CT molecular complexity index is 3070. The number of nitrogens with zero attached hydrogens (tertiary/aromatic N) is 2. The third kappa shape index (κ3) is 4.27. The lowest BCUT2D eigenvalue weighted by Crippen LogP contribution is -2.15. The fourth-order valence-corrected chi connectivity index (χ4v) is 9.31. The molecule has 0 saturated carbocycles. The van der Waals surface area contributed by atoms with Gasteiger partial charge in [-0.05, 0) is 105 Å². The van der Waals surface area contributed by atoms with E-state index < -0.39 is 0 Å². The number of fused-ring (bicyclic) bond motifs is 9. The minimum atomic E-state index is -0.161. The molecule has 11 rings (SSSR count). The van der Waals surface area contributed by atoms with Gasteiger partial charge in [-0.15, -0.1) is 0 Å². The van der Waals surface area contributed by atoms with Crippen LogP contribution in [0, 0.1) is 0 Å². The van der Waals surface area contributed by atoms with Crippen molar-refractivity contribution in [2.45, 2.75) is 19.3 Å². The molecule has 2 heteroatoms. The van der Waals surface area contributed by atoms with E-state index in [-0.39, 0.29) is 5.41 Å². The summed E-state index contributed by atoms with van der Waals surface area (Å²) in [7, 11) is 0. The standard InChI is InChI=1S/C51H36N2/c1-51(2)43-24-12-9-21-40(43)49-42(33-28-29-39-38-20-10-13-25-45(38)53(48(39)32-33)36-18-7-4-8-19-36)30-34(31-44(49)51)37-23-15-27-47-50(37)41-22-11-14-26-46(41)52(47)35-16-5-3-6-17-35/h3-32H,1-2H3. The third-order valence-electron chi connectivity index (χ3n) is 11.7. The zero-order chi connectivity index (χ0) is 35.3. The number of aromatic nitrogens is 2. The van der Waals surface area contributed by atoms with E-state index in [4.69, 9.17) is 0 Å². The van der Waals surface area contributed by atoms with Crippen molar-refractivity contribution >= 4 is 43.6 Å². The van der Waals surface area contributed by atoms with Crippen LogP contribution in [0.1, 0.15) is 25.0 Å². The van der Waals surface area contributed by atoms with Crippen LogP contribution < -0.4 is 0 Å². The molecular formula is C51H36N2. The number of para-hydroxylation sites is 4. The van der Waals surface area contributed by atoms with E-state index in [1.807, 2.05) is 0 Å². The lowest BCUT2D eigenvalue weighted by Gasteiger charge is -2.23. The van der Waals surface area contributed by atoms with Crippen LogP contribution >= 0.6 is 0 Å². The highest BCUT2D eigenvalue weighted by Gasteiger charge is 2.37. The molecule has 0 unspecified atom stereocenters. The maximum absolute atomic E-state index is 2.49. The van der Waals surface area contributed by atoms with Gasteiger partial charge in [0, 0.05) is 38.3 Å². The van der Waals surface area contributed by atoms with E-state index in [1.54, 1.807) is 0 Å². The third-order valence-corrected chi connectivity index (χ3v) is 11.7. The van der Waals surface area contributed by atoms with Gasteiger partial charge in [0.15, 0.2) is 0 Å². The van der Waals surface area contributed by atoms with E-state index in [0.717, 1.165) is 0 Å². The molecular weight excluding hydrogens is 641 g/mol. The summed E-state index contributed by atoms with van der Waals surface area (Å²) >= 11 is 0. The summed E-state index contributed by atoms with van der Waals surface area (Å²) in [5, 5.41) is 5.08. The molecule has 2 aromatic heterocycles. The average molecular weight is 677 g/mol. The lowest BCUT2D eigenvalue weighted by molar-refractivity contribution is 0.661. The van der Waals surface area contributed by atoms with Gasteiger partial charge in [-0.1, -0.05) is 135 Å². The topological polar surface area (TPSA) is 9.86 Å². The van der Waals surface area contributed by atoms with Gasteiger partial charge in [0.1, 0.15) is 0 Å². The molecule has 1 aliphatic rings. The summed E-state index contributed by atoms with van der Waals surface area (Å²) in [6.45, 7) is 4.78. The predicted molar refractivity (Wildman–Crippen MR) is 224 cm³/mol. The van der Waals surface area contributed by atoms with Crippen molar-refractivity contribution in [3.8, 4) is 44.8 Å². The SMILES string of the molecule is CC1(C)c2ccccc2-c2c(-c3ccc4c5ccccc5n(-c5ccccc5)c4c3)cc(-c3cccc4c3c3ccccc3n4-c3ccccc3)cc21. The number of hydrogen-bond donors (Lipinski definition) is 0. The molecule has 2 nitrogen and oxygen atoms in total. The van der Waals surface area contributed by atoms with Crippen LogP contribution in [-0.4, -0.2) is 9.13 Å². The first-order valence-corrected chi connectivity index (χ1v) is 18.5. The van der Waals surface area contributed by atoms with Gasteiger partial charge < -0.3 is 9.13 Å². The van der Waals surface area contributed by atoms with Crippen LogP contribution in [0.25, 0.3) is 88.4 Å². The monoisotopic (exact) mass is 676 g/mol. The number of benzene rings is 8. The molecule has 0 fully saturated rings. The lowest BCUT2D eigenvalue weighted by atomic mass is 9.80.